The van der Waals surface area contributed by atoms with Crippen molar-refractivity contribution in [3.63, 3.8) is 0 Å². The normalized spacial score (nSPS) is 21.7. The molecule has 2 aromatic carbocycles. The van der Waals surface area contributed by atoms with Crippen LogP contribution in [0.1, 0.15) is 67.3 Å². The monoisotopic (exact) mass is 674 g/mol. The van der Waals surface area contributed by atoms with Gasteiger partial charge in [0.1, 0.15) is 40.3 Å². The summed E-state index contributed by atoms with van der Waals surface area (Å²) in [5.41, 5.74) is 10.1. The maximum Gasteiger partial charge on any atom is 0.247 e. The first kappa shape index (κ1) is 33.7. The van der Waals surface area contributed by atoms with Gasteiger partial charge in [-0.05, 0) is 55.0 Å². The Labute approximate surface area is 284 Å². The molecule has 12 heteroatoms. The lowest BCUT2D eigenvalue weighted by atomic mass is 9.86. The Hall–Kier alpha value is -4.18. The van der Waals surface area contributed by atoms with Crippen molar-refractivity contribution in [3.8, 4) is 22.9 Å². The van der Waals surface area contributed by atoms with E-state index in [1.807, 2.05) is 6.92 Å². The number of anilines is 1. The number of carbonyl (C=O) groups is 1. The van der Waals surface area contributed by atoms with Gasteiger partial charge in [0.2, 0.25) is 5.91 Å². The SMILES string of the molecule is CCC/C=C(/NC(=NC1CCCN(C)C1=O)c1c(C)c(O)c(-c2ccc(F)c3sc(N)c(C#N)c23)c2c1COC2)N1CC(C)C(OC)C1. The summed E-state index contributed by atoms with van der Waals surface area (Å²) >= 11 is 1.02. The predicted molar refractivity (Wildman–Crippen MR) is 186 cm³/mol. The summed E-state index contributed by atoms with van der Waals surface area (Å²) in [4.78, 5) is 22.5. The van der Waals surface area contributed by atoms with Gasteiger partial charge < -0.3 is 35.4 Å². The first-order valence-electron chi connectivity index (χ1n) is 16.5. The Morgan fingerprint density at radius 3 is 2.81 bits per heavy atom. The summed E-state index contributed by atoms with van der Waals surface area (Å²) in [7, 11) is 3.54. The smallest absolute Gasteiger partial charge is 0.247 e. The van der Waals surface area contributed by atoms with E-state index in [1.165, 1.54) is 6.07 Å². The Morgan fingerprint density at radius 1 is 1.33 bits per heavy atom. The van der Waals surface area contributed by atoms with E-state index in [9.17, 15) is 15.2 Å². The lowest BCUT2D eigenvalue weighted by Gasteiger charge is -2.30. The molecule has 2 saturated heterocycles. The first-order valence-corrected chi connectivity index (χ1v) is 17.3. The lowest BCUT2D eigenvalue weighted by Crippen LogP contribution is -2.43. The van der Waals surface area contributed by atoms with Gasteiger partial charge in [-0.15, -0.1) is 11.3 Å². The fourth-order valence-electron chi connectivity index (χ4n) is 7.22. The van der Waals surface area contributed by atoms with E-state index in [4.69, 9.17) is 20.2 Å². The molecule has 254 valence electrons. The Bertz CT molecular complexity index is 1860. The molecule has 10 nitrogen and oxygen atoms in total. The van der Waals surface area contributed by atoms with E-state index in [0.717, 1.165) is 54.1 Å². The number of benzene rings is 2. The van der Waals surface area contributed by atoms with Crippen molar-refractivity contribution >= 4 is 38.2 Å². The van der Waals surface area contributed by atoms with Gasteiger partial charge in [0.25, 0.3) is 0 Å². The highest BCUT2D eigenvalue weighted by Gasteiger charge is 2.35. The zero-order valence-corrected chi connectivity index (χ0v) is 29.0. The number of likely N-dealkylation sites (tertiary alicyclic amines) is 2. The standard InChI is InChI=1S/C36H43FN6O4S/c1-6-7-10-28(43-15-19(2)27(16-43)46-5)41-35(40-26-9-8-13-42(4)36(26)45)29-20(3)32(44)30(24-18-47-17-23(24)29)21-11-12-25(37)33-31(21)22(14-38)34(39)48-33/h10-12,19,26-27,44H,6-9,13,15-18,39H2,1-5H3,(H,40,41)/b28-10-. The van der Waals surface area contributed by atoms with Gasteiger partial charge >= 0.3 is 0 Å². The molecule has 1 aromatic heterocycles. The number of nitriles is 1. The van der Waals surface area contributed by atoms with Crippen LogP contribution in [0.3, 0.4) is 0 Å². The second-order valence-electron chi connectivity index (χ2n) is 13.0. The molecule has 6 rings (SSSR count). The largest absolute Gasteiger partial charge is 0.507 e. The minimum Gasteiger partial charge on any atom is -0.507 e. The van der Waals surface area contributed by atoms with E-state index in [-0.39, 0.29) is 46.2 Å². The van der Waals surface area contributed by atoms with Gasteiger partial charge in [0.05, 0.1) is 29.6 Å². The number of ether oxygens (including phenoxy) is 2. The number of nitrogens with one attached hydrogen (secondary N) is 1. The molecule has 3 aromatic rings. The van der Waals surface area contributed by atoms with E-state index >= 15 is 4.39 Å². The lowest BCUT2D eigenvalue weighted by molar-refractivity contribution is -0.133. The number of halogens is 1. The molecule has 0 bridgehead atoms. The number of unbranched alkanes of at least 4 members (excludes halogenated alkanes) is 1. The second kappa shape index (κ2) is 13.7. The van der Waals surface area contributed by atoms with Crippen LogP contribution in [0.2, 0.25) is 0 Å². The number of phenols is 1. The third-order valence-electron chi connectivity index (χ3n) is 9.84. The number of nitrogens with zero attached hydrogens (tertiary/aromatic N) is 4. The number of phenolic OH excluding ortho intramolecular Hbond substituents is 1. The van der Waals surface area contributed by atoms with Gasteiger partial charge in [-0.3, -0.25) is 9.79 Å². The van der Waals surface area contributed by atoms with Crippen LogP contribution in [-0.4, -0.2) is 72.6 Å². The third kappa shape index (κ3) is 5.88. The number of aromatic hydroxyl groups is 1. The number of amides is 1. The number of piperidine rings is 1. The maximum atomic E-state index is 15.0. The molecular formula is C36H43FN6O4S. The minimum atomic E-state index is -0.592. The van der Waals surface area contributed by atoms with Crippen LogP contribution in [0.25, 0.3) is 21.2 Å². The van der Waals surface area contributed by atoms with Gasteiger partial charge in [-0.2, -0.15) is 5.26 Å². The zero-order valence-electron chi connectivity index (χ0n) is 28.2. The van der Waals surface area contributed by atoms with Gasteiger partial charge in [0.15, 0.2) is 0 Å². The Morgan fingerprint density at radius 2 is 2.10 bits per heavy atom. The van der Waals surface area contributed by atoms with Crippen LogP contribution < -0.4 is 11.1 Å². The number of hydrogen-bond acceptors (Lipinski definition) is 9. The molecule has 4 heterocycles. The highest BCUT2D eigenvalue weighted by Crippen LogP contribution is 2.48. The molecule has 3 aliphatic rings. The maximum absolute atomic E-state index is 15.0. The van der Waals surface area contributed by atoms with Crippen molar-refractivity contribution < 1.29 is 23.8 Å². The minimum absolute atomic E-state index is 0.0225. The van der Waals surface area contributed by atoms with Crippen LogP contribution in [0, 0.1) is 30.0 Å². The Kier molecular flexibility index (Phi) is 9.65. The molecule has 1 amide bonds. The summed E-state index contributed by atoms with van der Waals surface area (Å²) in [6, 6.07) is 4.48. The molecule has 48 heavy (non-hydrogen) atoms. The average molecular weight is 675 g/mol. The van der Waals surface area contributed by atoms with Crippen LogP contribution in [0.15, 0.2) is 29.0 Å². The van der Waals surface area contributed by atoms with Crippen LogP contribution >= 0.6 is 11.3 Å². The molecule has 0 saturated carbocycles. The highest BCUT2D eigenvalue weighted by atomic mass is 32.1. The number of aliphatic imine (C=N–C) groups is 1. The number of nitrogens with two attached hydrogens (primary N) is 1. The van der Waals surface area contributed by atoms with Crippen molar-refractivity contribution in [1.82, 2.24) is 15.1 Å². The van der Waals surface area contributed by atoms with Crippen LogP contribution in [0.4, 0.5) is 9.39 Å². The zero-order chi connectivity index (χ0) is 34.3. The first-order chi connectivity index (χ1) is 23.1. The number of fused-ring (bicyclic) bond motifs is 2. The third-order valence-corrected chi connectivity index (χ3v) is 10.9. The number of nitrogen functional groups attached to an aromatic ring is 1. The van der Waals surface area contributed by atoms with E-state index in [0.29, 0.717) is 58.9 Å². The van der Waals surface area contributed by atoms with Crippen LogP contribution in [0.5, 0.6) is 5.75 Å². The quantitative estimate of drug-likeness (QED) is 0.202. The number of thiophene rings is 1. The molecule has 4 N–H and O–H groups in total. The number of allylic oxidation sites excluding steroid dienone is 1. The van der Waals surface area contributed by atoms with E-state index in [1.54, 1.807) is 25.1 Å². The topological polar surface area (TPSA) is 136 Å². The van der Waals surface area contributed by atoms with Crippen molar-refractivity contribution in [1.29, 1.82) is 5.26 Å². The summed E-state index contributed by atoms with van der Waals surface area (Å²) in [5.74, 6) is 1.13. The molecule has 0 radical (unpaired) electrons. The fraction of sp³-hybridized carbons (Fsp3) is 0.472. The molecule has 2 fully saturated rings. The van der Waals surface area contributed by atoms with Gasteiger partial charge in [-0.1, -0.05) is 26.3 Å². The molecule has 3 unspecified atom stereocenters. The van der Waals surface area contributed by atoms with Gasteiger partial charge in [0, 0.05) is 61.8 Å². The molecule has 0 aliphatic carbocycles. The van der Waals surface area contributed by atoms with Crippen molar-refractivity contribution in [2.24, 2.45) is 10.9 Å². The van der Waals surface area contributed by atoms with E-state index in [2.05, 4.69) is 36.2 Å². The number of rotatable bonds is 8. The average Bonchev–Trinajstić information content (AvgIpc) is 3.79. The van der Waals surface area contributed by atoms with Gasteiger partial charge in [-0.25, -0.2) is 4.39 Å². The summed E-state index contributed by atoms with van der Waals surface area (Å²) in [6.45, 7) is 8.74. The summed E-state index contributed by atoms with van der Waals surface area (Å²) < 4.78 is 27.1. The molecule has 0 spiro atoms. The molecule has 3 atom stereocenters. The van der Waals surface area contributed by atoms with Crippen molar-refractivity contribution in [2.75, 3.05) is 39.5 Å². The number of amidine groups is 1. The second-order valence-corrected chi connectivity index (χ2v) is 14.0. The number of likely N-dealkylation sites (N-methyl/N-ethyl adjacent to an activating group) is 1. The van der Waals surface area contributed by atoms with Crippen molar-refractivity contribution in [3.05, 3.63) is 57.7 Å². The molecule has 3 aliphatic heterocycles. The number of hydrogen-bond donors (Lipinski definition) is 3. The summed E-state index contributed by atoms with van der Waals surface area (Å²) in [5, 5.41) is 26.3. The highest BCUT2D eigenvalue weighted by molar-refractivity contribution is 7.23. The fourth-order valence-corrected chi connectivity index (χ4v) is 8.17. The summed E-state index contributed by atoms with van der Waals surface area (Å²) in [6.07, 6.45) is 5.46. The Balaban J connectivity index is 1.55. The number of carbonyl (C=O) groups excluding carboxylic acids is 1. The predicted octanol–water partition coefficient (Wildman–Crippen LogP) is 5.77. The number of methoxy groups -OCH3 is 1. The molecular weight excluding hydrogens is 631 g/mol. The van der Waals surface area contributed by atoms with Crippen molar-refractivity contribution in [2.45, 2.75) is 71.8 Å². The van der Waals surface area contributed by atoms with E-state index < -0.39 is 11.9 Å². The van der Waals surface area contributed by atoms with Crippen LogP contribution in [-0.2, 0) is 27.5 Å².